The van der Waals surface area contributed by atoms with Gasteiger partial charge in [0, 0.05) is 17.9 Å². The Balaban J connectivity index is 1.32. The van der Waals surface area contributed by atoms with Crippen LogP contribution in [0, 0.1) is 10.1 Å². The van der Waals surface area contributed by atoms with Crippen molar-refractivity contribution in [1.82, 2.24) is 10.2 Å². The molecule has 10 nitrogen and oxygen atoms in total. The van der Waals surface area contributed by atoms with E-state index in [1.54, 1.807) is 24.3 Å². The monoisotopic (exact) mass is 483 g/mol. The van der Waals surface area contributed by atoms with E-state index in [9.17, 15) is 24.5 Å². The van der Waals surface area contributed by atoms with Crippen LogP contribution in [0.4, 0.5) is 5.69 Å². The van der Waals surface area contributed by atoms with Gasteiger partial charge >= 0.3 is 5.97 Å². The van der Waals surface area contributed by atoms with E-state index in [1.807, 2.05) is 6.07 Å². The number of carbonyl (C=O) groups excluding carboxylic acids is 3. The fraction of sp³-hybridized carbons (Fsp3) is 0.261. The van der Waals surface area contributed by atoms with Crippen molar-refractivity contribution < 1.29 is 28.8 Å². The number of nitrogens with zero attached hydrogens (tertiary/aromatic N) is 2. The molecule has 1 unspecified atom stereocenters. The predicted molar refractivity (Wildman–Crippen MR) is 123 cm³/mol. The Morgan fingerprint density at radius 1 is 1.18 bits per heavy atom. The largest absolute Gasteiger partial charge is 0.484 e. The number of non-ortho nitro benzene ring substituents is 1. The van der Waals surface area contributed by atoms with E-state index in [2.05, 4.69) is 11.9 Å². The number of nitro groups is 1. The minimum absolute atomic E-state index is 0.0657. The van der Waals surface area contributed by atoms with Crippen LogP contribution in [0.15, 0.2) is 66.7 Å². The Morgan fingerprint density at radius 3 is 2.56 bits per heavy atom. The summed E-state index contributed by atoms with van der Waals surface area (Å²) in [5.41, 5.74) is 1.04. The van der Waals surface area contributed by atoms with Crippen LogP contribution in [0.1, 0.15) is 5.56 Å². The van der Waals surface area contributed by atoms with Crippen molar-refractivity contribution in [1.29, 1.82) is 0 Å². The normalized spacial score (nSPS) is 21.2. The number of benzene rings is 2. The summed E-state index contributed by atoms with van der Waals surface area (Å²) in [4.78, 5) is 49.5. The Labute approximate surface area is 199 Å². The molecule has 2 aliphatic heterocycles. The third kappa shape index (κ3) is 4.88. The number of para-hydroxylation sites is 1. The zero-order valence-corrected chi connectivity index (χ0v) is 18.7. The van der Waals surface area contributed by atoms with Gasteiger partial charge in [-0.15, -0.1) is 11.8 Å². The van der Waals surface area contributed by atoms with Crippen molar-refractivity contribution in [3.63, 3.8) is 0 Å². The molecule has 0 spiro atoms. The van der Waals surface area contributed by atoms with Crippen LogP contribution in [-0.2, 0) is 25.7 Å². The van der Waals surface area contributed by atoms with Crippen molar-refractivity contribution >= 4 is 35.2 Å². The van der Waals surface area contributed by atoms with Crippen LogP contribution in [0.5, 0.6) is 5.75 Å². The first-order chi connectivity index (χ1) is 16.3. The van der Waals surface area contributed by atoms with Crippen molar-refractivity contribution in [3.05, 3.63) is 82.4 Å². The summed E-state index contributed by atoms with van der Waals surface area (Å²) in [6.45, 7) is 3.57. The molecule has 2 fully saturated rings. The van der Waals surface area contributed by atoms with Crippen molar-refractivity contribution in [2.75, 3.05) is 12.4 Å². The molecule has 3 atom stereocenters. The summed E-state index contributed by atoms with van der Waals surface area (Å²) in [6.07, 6.45) is 0. The van der Waals surface area contributed by atoms with E-state index >= 15 is 0 Å². The minimum atomic E-state index is -0.953. The summed E-state index contributed by atoms with van der Waals surface area (Å²) >= 11 is 1.41. The number of amides is 2. The molecule has 2 aromatic carbocycles. The van der Waals surface area contributed by atoms with E-state index in [0.717, 1.165) is 0 Å². The molecule has 2 heterocycles. The maximum Gasteiger partial charge on any atom is 0.333 e. The molecule has 0 radical (unpaired) electrons. The number of esters is 1. The number of hydrogen-bond acceptors (Lipinski definition) is 8. The predicted octanol–water partition coefficient (Wildman–Crippen LogP) is 2.04. The van der Waals surface area contributed by atoms with Crippen LogP contribution in [0.25, 0.3) is 0 Å². The van der Waals surface area contributed by atoms with Gasteiger partial charge in [0.15, 0.2) is 12.6 Å². The molecule has 2 saturated heterocycles. The third-order valence-corrected chi connectivity index (χ3v) is 6.74. The highest BCUT2D eigenvalue weighted by Gasteiger charge is 2.56. The number of rotatable bonds is 8. The molecule has 2 aliphatic rings. The maximum atomic E-state index is 12.8. The summed E-state index contributed by atoms with van der Waals surface area (Å²) in [5.74, 6) is -0.510. The number of nitrogens with one attached hydrogen (secondary N) is 1. The van der Waals surface area contributed by atoms with Gasteiger partial charge in [-0.3, -0.25) is 19.7 Å². The standard InChI is InChI=1S/C23H21N3O7S/c1-14-13-34-22-19(24-18(27)12-32-17-5-3-2-4-6-17)21(28)25(22)20(14)23(29)33-11-15-7-9-16(10-8-15)26(30)31/h2-10,19-20,22H,1,11-13H2,(H,24,27)/t19-,20?,22+/m1/s1. The van der Waals surface area contributed by atoms with Crippen LogP contribution in [0.2, 0.25) is 0 Å². The number of nitro benzene ring substituents is 1. The van der Waals surface area contributed by atoms with Crippen molar-refractivity contribution in [2.24, 2.45) is 0 Å². The molecule has 1 N–H and O–H groups in total. The number of carbonyl (C=O) groups is 3. The first kappa shape index (κ1) is 23.3. The average molecular weight is 484 g/mol. The number of hydrogen-bond donors (Lipinski definition) is 1. The number of fused-ring (bicyclic) bond motifs is 1. The van der Waals surface area contributed by atoms with Gasteiger partial charge in [0.2, 0.25) is 5.91 Å². The Bertz CT molecular complexity index is 1120. The summed E-state index contributed by atoms with van der Waals surface area (Å²) < 4.78 is 10.8. The van der Waals surface area contributed by atoms with Crippen LogP contribution in [-0.4, -0.2) is 57.4 Å². The smallest absolute Gasteiger partial charge is 0.333 e. The number of ether oxygens (including phenoxy) is 2. The summed E-state index contributed by atoms with van der Waals surface area (Å²) in [5, 5.41) is 13.0. The summed E-state index contributed by atoms with van der Waals surface area (Å²) in [6, 6.07) is 12.8. The summed E-state index contributed by atoms with van der Waals surface area (Å²) in [7, 11) is 0. The van der Waals surface area contributed by atoms with E-state index < -0.39 is 40.2 Å². The lowest BCUT2D eigenvalue weighted by atomic mass is 9.98. The molecule has 0 aromatic heterocycles. The average Bonchev–Trinajstić information content (AvgIpc) is 2.85. The van der Waals surface area contributed by atoms with Gasteiger partial charge in [-0.1, -0.05) is 24.8 Å². The van der Waals surface area contributed by atoms with Gasteiger partial charge in [0.1, 0.15) is 23.8 Å². The van der Waals surface area contributed by atoms with Gasteiger partial charge in [0.25, 0.3) is 11.6 Å². The minimum Gasteiger partial charge on any atom is -0.484 e. The number of thioether (sulfide) groups is 1. The molecule has 11 heteroatoms. The van der Waals surface area contributed by atoms with Gasteiger partial charge in [0.05, 0.1) is 4.92 Å². The zero-order valence-electron chi connectivity index (χ0n) is 17.9. The Kier molecular flexibility index (Phi) is 6.82. The second kappa shape index (κ2) is 9.96. The molecule has 2 amide bonds. The van der Waals surface area contributed by atoms with Crippen LogP contribution in [0.3, 0.4) is 0 Å². The van der Waals surface area contributed by atoms with Crippen molar-refractivity contribution in [2.45, 2.75) is 24.1 Å². The molecule has 34 heavy (non-hydrogen) atoms. The van der Waals surface area contributed by atoms with Crippen molar-refractivity contribution in [3.8, 4) is 5.75 Å². The first-order valence-corrected chi connectivity index (χ1v) is 11.4. The van der Waals surface area contributed by atoms with Crippen LogP contribution >= 0.6 is 11.8 Å². The molecule has 4 rings (SSSR count). The van der Waals surface area contributed by atoms with Gasteiger partial charge in [-0.2, -0.15) is 0 Å². The molecule has 0 aliphatic carbocycles. The Morgan fingerprint density at radius 2 is 1.88 bits per heavy atom. The molecule has 0 saturated carbocycles. The lowest BCUT2D eigenvalue weighted by Crippen LogP contribution is -2.74. The fourth-order valence-corrected chi connectivity index (χ4v) is 4.95. The Hall–Kier alpha value is -3.86. The van der Waals surface area contributed by atoms with E-state index in [1.165, 1.54) is 40.9 Å². The molecule has 2 aromatic rings. The highest BCUT2D eigenvalue weighted by molar-refractivity contribution is 8.00. The molecule has 176 valence electrons. The maximum absolute atomic E-state index is 12.8. The fourth-order valence-electron chi connectivity index (χ4n) is 3.65. The van der Waals surface area contributed by atoms with Gasteiger partial charge < -0.3 is 19.7 Å². The lowest BCUT2D eigenvalue weighted by molar-refractivity contribution is -0.384. The zero-order chi connectivity index (χ0) is 24.2. The topological polar surface area (TPSA) is 128 Å². The highest BCUT2D eigenvalue weighted by Crippen LogP contribution is 2.40. The van der Waals surface area contributed by atoms with Crippen LogP contribution < -0.4 is 10.1 Å². The third-order valence-electron chi connectivity index (χ3n) is 5.37. The van der Waals surface area contributed by atoms with E-state index in [0.29, 0.717) is 22.6 Å². The highest BCUT2D eigenvalue weighted by atomic mass is 32.2. The molecule has 0 bridgehead atoms. The molecular weight excluding hydrogens is 462 g/mol. The molecular formula is C23H21N3O7S. The SMILES string of the molecule is C=C1CS[C@H]2[C@H](NC(=O)COc3ccccc3)C(=O)N2C1C(=O)OCc1ccc([N+](=O)[O-])cc1. The lowest BCUT2D eigenvalue weighted by Gasteiger charge is -2.52. The quantitative estimate of drug-likeness (QED) is 0.199. The second-order valence-electron chi connectivity index (χ2n) is 7.69. The van der Waals surface area contributed by atoms with Gasteiger partial charge in [-0.25, -0.2) is 4.79 Å². The first-order valence-electron chi connectivity index (χ1n) is 10.3. The van der Waals surface area contributed by atoms with E-state index in [4.69, 9.17) is 9.47 Å². The number of β-lactam (4-membered cyclic amide) rings is 1. The van der Waals surface area contributed by atoms with Gasteiger partial charge in [-0.05, 0) is 35.4 Å². The second-order valence-corrected chi connectivity index (χ2v) is 8.79. The van der Waals surface area contributed by atoms with E-state index in [-0.39, 0.29) is 18.9 Å².